The van der Waals surface area contributed by atoms with Crippen LogP contribution in [0, 0.1) is 13.8 Å². The van der Waals surface area contributed by atoms with Gasteiger partial charge < -0.3 is 4.90 Å². The summed E-state index contributed by atoms with van der Waals surface area (Å²) < 4.78 is 0. The number of halogens is 1. The molecule has 0 radical (unpaired) electrons. The highest BCUT2D eigenvalue weighted by atomic mass is 79.9. The molecule has 0 saturated carbocycles. The Morgan fingerprint density at radius 2 is 2.21 bits per heavy atom. The highest BCUT2D eigenvalue weighted by Gasteiger charge is 2.14. The molecule has 0 aliphatic rings. The van der Waals surface area contributed by atoms with Crippen LogP contribution >= 0.6 is 27.3 Å². The van der Waals surface area contributed by atoms with E-state index in [1.54, 1.807) is 16.2 Å². The third kappa shape index (κ3) is 2.58. The van der Waals surface area contributed by atoms with Crippen LogP contribution in [0.4, 0.5) is 0 Å². The molecule has 0 fully saturated rings. The summed E-state index contributed by atoms with van der Waals surface area (Å²) in [7, 11) is 1.83. The molecular formula is C10H14BrNOS. The zero-order valence-electron chi connectivity index (χ0n) is 8.63. The smallest absolute Gasteiger partial charge is 0.263 e. The van der Waals surface area contributed by atoms with Gasteiger partial charge in [-0.2, -0.15) is 0 Å². The molecule has 4 heteroatoms. The third-order valence-electron chi connectivity index (χ3n) is 2.14. The number of alkyl halides is 1. The minimum absolute atomic E-state index is 0.116. The molecular weight excluding hydrogens is 262 g/mol. The number of rotatable bonds is 3. The van der Waals surface area contributed by atoms with E-state index in [4.69, 9.17) is 0 Å². The van der Waals surface area contributed by atoms with Gasteiger partial charge in [-0.1, -0.05) is 15.9 Å². The summed E-state index contributed by atoms with van der Waals surface area (Å²) in [5.74, 6) is 0.116. The second kappa shape index (κ2) is 4.94. The van der Waals surface area contributed by atoms with Crippen LogP contribution in [0.2, 0.25) is 0 Å². The van der Waals surface area contributed by atoms with Crippen molar-refractivity contribution in [2.24, 2.45) is 0 Å². The lowest BCUT2D eigenvalue weighted by atomic mass is 10.3. The van der Waals surface area contributed by atoms with Crippen LogP contribution in [-0.4, -0.2) is 29.7 Å². The van der Waals surface area contributed by atoms with E-state index in [1.807, 2.05) is 27.0 Å². The third-order valence-corrected chi connectivity index (χ3v) is 3.64. The van der Waals surface area contributed by atoms with E-state index in [1.165, 1.54) is 10.4 Å². The molecule has 0 bridgehead atoms. The van der Waals surface area contributed by atoms with Gasteiger partial charge in [0.05, 0.1) is 4.88 Å². The SMILES string of the molecule is Cc1cc(C(=O)N(C)CCBr)sc1C. The van der Waals surface area contributed by atoms with Crippen molar-refractivity contribution in [2.75, 3.05) is 18.9 Å². The zero-order valence-corrected chi connectivity index (χ0v) is 11.0. The Morgan fingerprint density at radius 3 is 2.64 bits per heavy atom. The average molecular weight is 276 g/mol. The number of hydrogen-bond donors (Lipinski definition) is 0. The summed E-state index contributed by atoms with van der Waals surface area (Å²) in [6, 6.07) is 1.97. The summed E-state index contributed by atoms with van der Waals surface area (Å²) in [4.78, 5) is 15.6. The molecule has 1 aromatic rings. The van der Waals surface area contributed by atoms with E-state index in [0.29, 0.717) is 0 Å². The average Bonchev–Trinajstić information content (AvgIpc) is 2.46. The van der Waals surface area contributed by atoms with Crippen molar-refractivity contribution in [2.45, 2.75) is 13.8 Å². The molecule has 0 aliphatic carbocycles. The molecule has 0 aliphatic heterocycles. The first-order valence-corrected chi connectivity index (χ1v) is 6.38. The van der Waals surface area contributed by atoms with Gasteiger partial charge in [-0.05, 0) is 25.5 Å². The lowest BCUT2D eigenvalue weighted by Crippen LogP contribution is -2.27. The molecule has 2 nitrogen and oxygen atoms in total. The summed E-state index contributed by atoms with van der Waals surface area (Å²) in [6.07, 6.45) is 0. The second-order valence-electron chi connectivity index (χ2n) is 3.27. The molecule has 1 aromatic heterocycles. The molecule has 0 unspecified atom stereocenters. The van der Waals surface area contributed by atoms with E-state index in [9.17, 15) is 4.79 Å². The number of aryl methyl sites for hydroxylation is 2. The standard InChI is InChI=1S/C10H14BrNOS/c1-7-6-9(14-8(7)2)10(13)12(3)5-4-11/h6H,4-5H2,1-3H3. The summed E-state index contributed by atoms with van der Waals surface area (Å²) in [5, 5.41) is 0.818. The number of carbonyl (C=O) groups excluding carboxylic acids is 1. The normalized spacial score (nSPS) is 10.3. The van der Waals surface area contributed by atoms with Crippen molar-refractivity contribution < 1.29 is 4.79 Å². The zero-order chi connectivity index (χ0) is 10.7. The Kier molecular flexibility index (Phi) is 4.13. The maximum Gasteiger partial charge on any atom is 0.263 e. The Bertz CT molecular complexity index is 315. The molecule has 78 valence electrons. The van der Waals surface area contributed by atoms with Gasteiger partial charge in [-0.15, -0.1) is 11.3 Å². The Balaban J connectivity index is 2.79. The van der Waals surface area contributed by atoms with Crippen LogP contribution in [0.25, 0.3) is 0 Å². The van der Waals surface area contributed by atoms with Gasteiger partial charge in [-0.25, -0.2) is 0 Å². The summed E-state index contributed by atoms with van der Waals surface area (Å²) in [5.41, 5.74) is 1.20. The van der Waals surface area contributed by atoms with E-state index in [2.05, 4.69) is 15.9 Å². The maximum absolute atomic E-state index is 11.8. The van der Waals surface area contributed by atoms with Crippen molar-refractivity contribution in [3.8, 4) is 0 Å². The quantitative estimate of drug-likeness (QED) is 0.777. The maximum atomic E-state index is 11.8. The van der Waals surface area contributed by atoms with Crippen LogP contribution in [0.3, 0.4) is 0 Å². The van der Waals surface area contributed by atoms with Gasteiger partial charge in [-0.3, -0.25) is 4.79 Å². The molecule has 0 saturated heterocycles. The van der Waals surface area contributed by atoms with Crippen molar-refractivity contribution in [3.05, 3.63) is 21.4 Å². The predicted molar refractivity (Wildman–Crippen MR) is 64.5 cm³/mol. The lowest BCUT2D eigenvalue weighted by Gasteiger charge is -2.13. The van der Waals surface area contributed by atoms with Gasteiger partial charge in [0.2, 0.25) is 0 Å². The molecule has 1 rings (SSSR count). The highest BCUT2D eigenvalue weighted by Crippen LogP contribution is 2.21. The van der Waals surface area contributed by atoms with Crippen LogP contribution < -0.4 is 0 Å². The van der Waals surface area contributed by atoms with Crippen LogP contribution in [0.15, 0.2) is 6.07 Å². The van der Waals surface area contributed by atoms with Crippen LogP contribution in [0.5, 0.6) is 0 Å². The number of amides is 1. The van der Waals surface area contributed by atoms with Crippen molar-refractivity contribution in [1.29, 1.82) is 0 Å². The fourth-order valence-corrected chi connectivity index (χ4v) is 2.66. The highest BCUT2D eigenvalue weighted by molar-refractivity contribution is 9.09. The molecule has 14 heavy (non-hydrogen) atoms. The molecule has 0 aromatic carbocycles. The minimum atomic E-state index is 0.116. The fourth-order valence-electron chi connectivity index (χ4n) is 1.09. The second-order valence-corrected chi connectivity index (χ2v) is 5.31. The summed E-state index contributed by atoms with van der Waals surface area (Å²) >= 11 is 4.89. The Labute approximate surface area is 97.1 Å². The van der Waals surface area contributed by atoms with Gasteiger partial charge in [0.15, 0.2) is 0 Å². The lowest BCUT2D eigenvalue weighted by molar-refractivity contribution is 0.0808. The van der Waals surface area contributed by atoms with E-state index in [0.717, 1.165) is 16.8 Å². The number of nitrogens with zero attached hydrogens (tertiary/aromatic N) is 1. The first-order valence-electron chi connectivity index (χ1n) is 4.44. The van der Waals surface area contributed by atoms with Gasteiger partial charge >= 0.3 is 0 Å². The van der Waals surface area contributed by atoms with Gasteiger partial charge in [0, 0.05) is 23.8 Å². The minimum Gasteiger partial charge on any atom is -0.340 e. The first kappa shape index (κ1) is 11.7. The number of thiophene rings is 1. The van der Waals surface area contributed by atoms with Gasteiger partial charge in [0.1, 0.15) is 0 Å². The first-order chi connectivity index (χ1) is 6.56. The fraction of sp³-hybridized carbons (Fsp3) is 0.500. The van der Waals surface area contributed by atoms with Crippen LogP contribution in [-0.2, 0) is 0 Å². The molecule has 1 heterocycles. The molecule has 0 spiro atoms. The van der Waals surface area contributed by atoms with E-state index in [-0.39, 0.29) is 5.91 Å². The topological polar surface area (TPSA) is 20.3 Å². The van der Waals surface area contributed by atoms with Crippen molar-refractivity contribution in [3.63, 3.8) is 0 Å². The Hall–Kier alpha value is -0.350. The van der Waals surface area contributed by atoms with Crippen LogP contribution in [0.1, 0.15) is 20.1 Å². The molecule has 1 amide bonds. The Morgan fingerprint density at radius 1 is 1.57 bits per heavy atom. The van der Waals surface area contributed by atoms with E-state index >= 15 is 0 Å². The number of hydrogen-bond acceptors (Lipinski definition) is 2. The largest absolute Gasteiger partial charge is 0.340 e. The van der Waals surface area contributed by atoms with Gasteiger partial charge in [0.25, 0.3) is 5.91 Å². The number of carbonyl (C=O) groups is 1. The van der Waals surface area contributed by atoms with Crippen molar-refractivity contribution in [1.82, 2.24) is 4.90 Å². The monoisotopic (exact) mass is 275 g/mol. The van der Waals surface area contributed by atoms with E-state index < -0.39 is 0 Å². The summed E-state index contributed by atoms with van der Waals surface area (Å²) in [6.45, 7) is 4.82. The predicted octanol–water partition coefficient (Wildman–Crippen LogP) is 2.83. The van der Waals surface area contributed by atoms with Crippen molar-refractivity contribution >= 4 is 33.2 Å². The molecule has 0 N–H and O–H groups in total. The molecule has 0 atom stereocenters.